The number of aryl methyl sites for hydroxylation is 2. The molecule has 0 aromatic heterocycles. The average Bonchev–Trinajstić information content (AvgIpc) is 2.82. The predicted molar refractivity (Wildman–Crippen MR) is 129 cm³/mol. The molecule has 3 aromatic carbocycles. The number of benzene rings is 3. The molecule has 5 heteroatoms. The molecule has 32 heavy (non-hydrogen) atoms. The van der Waals surface area contributed by atoms with E-state index < -0.39 is 11.8 Å². The second-order valence-electron chi connectivity index (χ2n) is 8.29. The van der Waals surface area contributed by atoms with Gasteiger partial charge in [-0.15, -0.1) is 0 Å². The maximum atomic E-state index is 12.0. The maximum absolute atomic E-state index is 12.0. The predicted octanol–water partition coefficient (Wildman–Crippen LogP) is 4.25. The van der Waals surface area contributed by atoms with E-state index in [2.05, 4.69) is 64.1 Å². The fraction of sp³-hybridized carbons (Fsp3) is 0.259. The van der Waals surface area contributed by atoms with Crippen molar-refractivity contribution >= 4 is 23.2 Å². The summed E-state index contributed by atoms with van der Waals surface area (Å²) in [5.74, 6) is -1.24. The van der Waals surface area contributed by atoms with Gasteiger partial charge in [0.25, 0.3) is 0 Å². The highest BCUT2D eigenvalue weighted by Crippen LogP contribution is 2.24. The van der Waals surface area contributed by atoms with Gasteiger partial charge in [-0.2, -0.15) is 0 Å². The zero-order valence-electron chi connectivity index (χ0n) is 18.4. The summed E-state index contributed by atoms with van der Waals surface area (Å²) in [5, 5.41) is 5.33. The SMILES string of the molecule is Cc1cccc(NC(=O)C(=O)NCCCc2ccc(N3CCc4ccccc4C3)cc2)c1. The van der Waals surface area contributed by atoms with Crippen LogP contribution in [-0.4, -0.2) is 24.9 Å². The smallest absolute Gasteiger partial charge is 0.313 e. The van der Waals surface area contributed by atoms with E-state index in [1.54, 1.807) is 6.07 Å². The van der Waals surface area contributed by atoms with E-state index >= 15 is 0 Å². The summed E-state index contributed by atoms with van der Waals surface area (Å²) in [6.07, 6.45) is 2.71. The van der Waals surface area contributed by atoms with Gasteiger partial charge in [0.1, 0.15) is 0 Å². The Kier molecular flexibility index (Phi) is 6.85. The van der Waals surface area contributed by atoms with E-state index in [0.29, 0.717) is 12.2 Å². The molecule has 0 bridgehead atoms. The number of rotatable bonds is 6. The first kappa shape index (κ1) is 21.6. The second kappa shape index (κ2) is 10.1. The Balaban J connectivity index is 1.20. The van der Waals surface area contributed by atoms with Gasteiger partial charge in [-0.1, -0.05) is 48.5 Å². The quantitative estimate of drug-likeness (QED) is 0.457. The van der Waals surface area contributed by atoms with Crippen molar-refractivity contribution in [2.24, 2.45) is 0 Å². The molecule has 1 heterocycles. The molecule has 4 rings (SSSR count). The lowest BCUT2D eigenvalue weighted by atomic mass is 9.99. The number of nitrogens with zero attached hydrogens (tertiary/aromatic N) is 1. The van der Waals surface area contributed by atoms with Gasteiger partial charge in [0.05, 0.1) is 0 Å². The molecule has 0 radical (unpaired) electrons. The molecule has 0 saturated carbocycles. The molecule has 0 saturated heterocycles. The Morgan fingerprint density at radius 2 is 1.69 bits per heavy atom. The topological polar surface area (TPSA) is 61.4 Å². The monoisotopic (exact) mass is 427 g/mol. The summed E-state index contributed by atoms with van der Waals surface area (Å²) in [6, 6.07) is 24.7. The summed E-state index contributed by atoms with van der Waals surface area (Å²) >= 11 is 0. The molecule has 1 aliphatic heterocycles. The summed E-state index contributed by atoms with van der Waals surface area (Å²) in [6.45, 7) is 4.39. The van der Waals surface area contributed by atoms with Crippen molar-refractivity contribution in [1.82, 2.24) is 5.32 Å². The largest absolute Gasteiger partial charge is 0.367 e. The average molecular weight is 428 g/mol. The van der Waals surface area contributed by atoms with E-state index in [0.717, 1.165) is 37.9 Å². The minimum atomic E-state index is -0.636. The summed E-state index contributed by atoms with van der Waals surface area (Å²) < 4.78 is 0. The minimum Gasteiger partial charge on any atom is -0.367 e. The van der Waals surface area contributed by atoms with Crippen LogP contribution >= 0.6 is 0 Å². The molecule has 0 atom stereocenters. The lowest BCUT2D eigenvalue weighted by Crippen LogP contribution is -2.36. The van der Waals surface area contributed by atoms with E-state index in [1.165, 1.54) is 22.4 Å². The van der Waals surface area contributed by atoms with Crippen LogP contribution in [0.15, 0.2) is 72.8 Å². The fourth-order valence-electron chi connectivity index (χ4n) is 4.07. The maximum Gasteiger partial charge on any atom is 0.313 e. The van der Waals surface area contributed by atoms with Crippen LogP contribution in [0, 0.1) is 6.92 Å². The lowest BCUT2D eigenvalue weighted by molar-refractivity contribution is -0.136. The normalized spacial score (nSPS) is 12.7. The van der Waals surface area contributed by atoms with Crippen LogP contribution in [0.1, 0.15) is 28.7 Å². The highest BCUT2D eigenvalue weighted by Gasteiger charge is 2.16. The van der Waals surface area contributed by atoms with Crippen molar-refractivity contribution in [3.63, 3.8) is 0 Å². The standard InChI is InChI=1S/C27H29N3O2/c1-20-6-4-10-24(18-20)29-27(32)26(31)28-16-5-7-21-11-13-25(14-12-21)30-17-15-22-8-2-3-9-23(22)19-30/h2-4,6,8-14,18H,5,7,15-17,19H2,1H3,(H,28,31)(H,29,32). The van der Waals surface area contributed by atoms with Gasteiger partial charge in [0.15, 0.2) is 0 Å². The fourth-order valence-corrected chi connectivity index (χ4v) is 4.07. The summed E-state index contributed by atoms with van der Waals surface area (Å²) in [7, 11) is 0. The van der Waals surface area contributed by atoms with Crippen LogP contribution in [0.3, 0.4) is 0 Å². The third kappa shape index (κ3) is 5.55. The third-order valence-electron chi connectivity index (χ3n) is 5.84. The number of carbonyl (C=O) groups is 2. The lowest BCUT2D eigenvalue weighted by Gasteiger charge is -2.30. The first-order valence-corrected chi connectivity index (χ1v) is 11.1. The first-order valence-electron chi connectivity index (χ1n) is 11.1. The molecule has 0 unspecified atom stereocenters. The van der Waals surface area contributed by atoms with E-state index in [9.17, 15) is 9.59 Å². The molecule has 2 amide bonds. The Hall–Kier alpha value is -3.60. The number of hydrogen-bond donors (Lipinski definition) is 2. The van der Waals surface area contributed by atoms with Gasteiger partial charge in [0, 0.05) is 31.0 Å². The zero-order valence-corrected chi connectivity index (χ0v) is 18.4. The van der Waals surface area contributed by atoms with E-state index in [4.69, 9.17) is 0 Å². The van der Waals surface area contributed by atoms with E-state index in [-0.39, 0.29) is 0 Å². The minimum absolute atomic E-state index is 0.463. The molecule has 0 aliphatic carbocycles. The van der Waals surface area contributed by atoms with Crippen LogP contribution < -0.4 is 15.5 Å². The number of fused-ring (bicyclic) bond motifs is 1. The van der Waals surface area contributed by atoms with E-state index in [1.807, 2.05) is 25.1 Å². The van der Waals surface area contributed by atoms with Crippen LogP contribution in [0.4, 0.5) is 11.4 Å². The van der Waals surface area contributed by atoms with Crippen LogP contribution in [0.2, 0.25) is 0 Å². The van der Waals surface area contributed by atoms with Crippen molar-refractivity contribution in [3.05, 3.63) is 95.1 Å². The molecular formula is C27H29N3O2. The van der Waals surface area contributed by atoms with Gasteiger partial charge in [-0.05, 0) is 72.7 Å². The molecule has 2 N–H and O–H groups in total. The van der Waals surface area contributed by atoms with Gasteiger partial charge in [0.2, 0.25) is 0 Å². The Labute approximate surface area is 189 Å². The highest BCUT2D eigenvalue weighted by atomic mass is 16.2. The van der Waals surface area contributed by atoms with Crippen LogP contribution in [0.25, 0.3) is 0 Å². The molecule has 164 valence electrons. The number of hydrogen-bond acceptors (Lipinski definition) is 3. The van der Waals surface area contributed by atoms with Gasteiger partial charge in [-0.25, -0.2) is 0 Å². The number of nitrogens with one attached hydrogen (secondary N) is 2. The number of amides is 2. The van der Waals surface area contributed by atoms with Crippen molar-refractivity contribution in [2.45, 2.75) is 32.7 Å². The van der Waals surface area contributed by atoms with Gasteiger partial charge in [-0.3, -0.25) is 9.59 Å². The highest BCUT2D eigenvalue weighted by molar-refractivity contribution is 6.39. The molecule has 0 fully saturated rings. The van der Waals surface area contributed by atoms with Crippen LogP contribution in [0.5, 0.6) is 0 Å². The van der Waals surface area contributed by atoms with Crippen molar-refractivity contribution in [2.75, 3.05) is 23.3 Å². The van der Waals surface area contributed by atoms with Crippen molar-refractivity contribution < 1.29 is 9.59 Å². The Morgan fingerprint density at radius 3 is 2.47 bits per heavy atom. The Morgan fingerprint density at radius 1 is 0.906 bits per heavy atom. The van der Waals surface area contributed by atoms with Gasteiger partial charge >= 0.3 is 11.8 Å². The molecular weight excluding hydrogens is 398 g/mol. The second-order valence-corrected chi connectivity index (χ2v) is 8.29. The third-order valence-corrected chi connectivity index (χ3v) is 5.84. The number of carbonyl (C=O) groups excluding carboxylic acids is 2. The zero-order chi connectivity index (χ0) is 22.3. The summed E-state index contributed by atoms with van der Waals surface area (Å²) in [4.78, 5) is 26.5. The summed E-state index contributed by atoms with van der Waals surface area (Å²) in [5.41, 5.74) is 6.98. The van der Waals surface area contributed by atoms with Crippen LogP contribution in [-0.2, 0) is 29.0 Å². The molecule has 5 nitrogen and oxygen atoms in total. The van der Waals surface area contributed by atoms with Crippen molar-refractivity contribution in [3.8, 4) is 0 Å². The first-order chi connectivity index (χ1) is 15.6. The molecule has 1 aliphatic rings. The van der Waals surface area contributed by atoms with Gasteiger partial charge < -0.3 is 15.5 Å². The number of anilines is 2. The molecule has 0 spiro atoms. The Bertz CT molecular complexity index is 1090. The van der Waals surface area contributed by atoms with Crippen molar-refractivity contribution in [1.29, 1.82) is 0 Å². The molecule has 3 aromatic rings.